The van der Waals surface area contributed by atoms with E-state index in [1.54, 1.807) is 0 Å². The zero-order valence-corrected chi connectivity index (χ0v) is 7.00. The Bertz CT molecular complexity index is 163. The second kappa shape index (κ2) is 4.40. The van der Waals surface area contributed by atoms with Gasteiger partial charge in [-0.1, -0.05) is 0 Å². The van der Waals surface area contributed by atoms with Crippen molar-refractivity contribution >= 4 is 5.97 Å². The van der Waals surface area contributed by atoms with Gasteiger partial charge in [-0.25, -0.2) is 0 Å². The number of halogens is 1. The molecule has 1 N–H and O–H groups in total. The van der Waals surface area contributed by atoms with Crippen LogP contribution >= 0.6 is 0 Å². The van der Waals surface area contributed by atoms with Crippen LogP contribution in [0.15, 0.2) is 0 Å². The van der Waals surface area contributed by atoms with E-state index >= 15 is 0 Å². The molecule has 0 spiro atoms. The van der Waals surface area contributed by atoms with Crippen LogP contribution in [-0.2, 0) is 4.79 Å². The number of nitrogens with zero attached hydrogens (tertiary/aromatic N) is 1. The van der Waals surface area contributed by atoms with Crippen LogP contribution < -0.4 is 0 Å². The number of carbonyl (C=O) groups is 1. The largest absolute Gasteiger partial charge is 0.481 e. The topological polar surface area (TPSA) is 40.5 Å². The lowest BCUT2D eigenvalue weighted by atomic mass is 10.1. The molecule has 1 aliphatic rings. The van der Waals surface area contributed by atoms with Gasteiger partial charge >= 0.3 is 5.97 Å². The van der Waals surface area contributed by atoms with Crippen LogP contribution in [0.3, 0.4) is 0 Å². The van der Waals surface area contributed by atoms with Crippen LogP contribution in [0.1, 0.15) is 12.8 Å². The zero-order valence-electron chi connectivity index (χ0n) is 7.00. The lowest BCUT2D eigenvalue weighted by Crippen LogP contribution is -2.24. The Labute approximate surface area is 71.2 Å². The maximum absolute atomic E-state index is 11.8. The average Bonchev–Trinajstić information content (AvgIpc) is 2.48. The Balaban J connectivity index is 2.21. The van der Waals surface area contributed by atoms with Crippen LogP contribution in [-0.4, -0.2) is 42.3 Å². The highest BCUT2D eigenvalue weighted by Crippen LogP contribution is 2.15. The Morgan fingerprint density at radius 1 is 1.67 bits per heavy atom. The summed E-state index contributed by atoms with van der Waals surface area (Å²) in [4.78, 5) is 12.5. The summed E-state index contributed by atoms with van der Waals surface area (Å²) >= 11 is 0. The first kappa shape index (κ1) is 9.45. The van der Waals surface area contributed by atoms with Crippen molar-refractivity contribution in [1.29, 1.82) is 0 Å². The molecule has 4 heteroatoms. The van der Waals surface area contributed by atoms with Crippen LogP contribution in [0, 0.1) is 5.92 Å². The zero-order chi connectivity index (χ0) is 8.97. The van der Waals surface area contributed by atoms with Crippen LogP contribution in [0.2, 0.25) is 0 Å². The molecule has 0 amide bonds. The van der Waals surface area contributed by atoms with Crippen molar-refractivity contribution in [3.8, 4) is 0 Å². The Morgan fingerprint density at radius 3 is 2.92 bits per heavy atom. The molecule has 1 fully saturated rings. The minimum atomic E-state index is -0.724. The number of carboxylic acids is 1. The molecule has 0 aliphatic carbocycles. The molecule has 1 saturated heterocycles. The smallest absolute Gasteiger partial charge is 0.307 e. The molecule has 1 atom stereocenters. The molecule has 0 aromatic carbocycles. The molecule has 0 radical (unpaired) electrons. The third-order valence-corrected chi connectivity index (χ3v) is 2.23. The van der Waals surface area contributed by atoms with Gasteiger partial charge in [0, 0.05) is 13.1 Å². The quantitative estimate of drug-likeness (QED) is 0.685. The summed E-state index contributed by atoms with van der Waals surface area (Å²) in [6.45, 7) is 1.78. The molecule has 1 rings (SSSR count). The minimum absolute atomic E-state index is 0.232. The third kappa shape index (κ3) is 2.44. The molecular formula is C8H14FNO2. The number of rotatable bonds is 4. The van der Waals surface area contributed by atoms with E-state index in [2.05, 4.69) is 0 Å². The summed E-state index contributed by atoms with van der Waals surface area (Å²) < 4.78 is 11.8. The molecule has 0 bridgehead atoms. The van der Waals surface area contributed by atoms with E-state index in [9.17, 15) is 9.18 Å². The van der Waals surface area contributed by atoms with Gasteiger partial charge in [0.25, 0.3) is 0 Å². The predicted molar refractivity (Wildman–Crippen MR) is 42.8 cm³/mol. The highest BCUT2D eigenvalue weighted by atomic mass is 19.1. The number of likely N-dealkylation sites (tertiary alicyclic amines) is 1. The molecule has 0 saturated carbocycles. The van der Waals surface area contributed by atoms with Gasteiger partial charge in [0.15, 0.2) is 0 Å². The van der Waals surface area contributed by atoms with E-state index in [4.69, 9.17) is 5.11 Å². The first-order chi connectivity index (χ1) is 5.74. The van der Waals surface area contributed by atoms with E-state index in [0.29, 0.717) is 25.9 Å². The van der Waals surface area contributed by atoms with Crippen molar-refractivity contribution in [1.82, 2.24) is 4.90 Å². The highest BCUT2D eigenvalue weighted by molar-refractivity contribution is 5.70. The second-order valence-electron chi connectivity index (χ2n) is 3.17. The molecule has 0 aromatic heterocycles. The summed E-state index contributed by atoms with van der Waals surface area (Å²) in [7, 11) is 0. The van der Waals surface area contributed by atoms with Crippen molar-refractivity contribution < 1.29 is 14.3 Å². The molecule has 1 heterocycles. The van der Waals surface area contributed by atoms with Crippen LogP contribution in [0.5, 0.6) is 0 Å². The van der Waals surface area contributed by atoms with E-state index in [0.717, 1.165) is 6.54 Å². The Hall–Kier alpha value is -0.640. The predicted octanol–water partition coefficient (Wildman–Crippen LogP) is 0.752. The highest BCUT2D eigenvalue weighted by Gasteiger charge is 2.27. The molecule has 12 heavy (non-hydrogen) atoms. The average molecular weight is 175 g/mol. The van der Waals surface area contributed by atoms with Crippen LogP contribution in [0.4, 0.5) is 4.39 Å². The van der Waals surface area contributed by atoms with Crippen molar-refractivity contribution in [2.75, 3.05) is 26.3 Å². The van der Waals surface area contributed by atoms with E-state index in [1.807, 2.05) is 4.90 Å². The monoisotopic (exact) mass is 175 g/mol. The number of hydrogen-bond donors (Lipinski definition) is 1. The van der Waals surface area contributed by atoms with Gasteiger partial charge in [-0.3, -0.25) is 9.18 Å². The number of carboxylic acid groups (broad SMARTS) is 1. The second-order valence-corrected chi connectivity index (χ2v) is 3.17. The van der Waals surface area contributed by atoms with Crippen molar-refractivity contribution in [3.63, 3.8) is 0 Å². The molecule has 1 aliphatic heterocycles. The number of hydrogen-bond acceptors (Lipinski definition) is 2. The summed E-state index contributed by atoms with van der Waals surface area (Å²) in [5.74, 6) is -0.956. The van der Waals surface area contributed by atoms with Crippen molar-refractivity contribution in [3.05, 3.63) is 0 Å². The first-order valence-electron chi connectivity index (χ1n) is 4.25. The van der Waals surface area contributed by atoms with E-state index in [-0.39, 0.29) is 12.6 Å². The first-order valence-corrected chi connectivity index (χ1v) is 4.25. The van der Waals surface area contributed by atoms with E-state index < -0.39 is 5.97 Å². The maximum Gasteiger partial charge on any atom is 0.307 e. The molecule has 1 unspecified atom stereocenters. The fourth-order valence-corrected chi connectivity index (χ4v) is 1.52. The fourth-order valence-electron chi connectivity index (χ4n) is 1.52. The lowest BCUT2D eigenvalue weighted by molar-refractivity contribution is -0.141. The van der Waals surface area contributed by atoms with Crippen molar-refractivity contribution in [2.24, 2.45) is 5.92 Å². The van der Waals surface area contributed by atoms with Gasteiger partial charge in [-0.15, -0.1) is 0 Å². The molecule has 0 aromatic rings. The number of alkyl halides is 1. The van der Waals surface area contributed by atoms with Gasteiger partial charge < -0.3 is 10.0 Å². The summed E-state index contributed by atoms with van der Waals surface area (Å²) in [5.41, 5.74) is 0. The van der Waals surface area contributed by atoms with E-state index in [1.165, 1.54) is 0 Å². The maximum atomic E-state index is 11.8. The fraction of sp³-hybridized carbons (Fsp3) is 0.875. The van der Waals surface area contributed by atoms with Gasteiger partial charge in [-0.05, 0) is 19.4 Å². The standard InChI is InChI=1S/C8H14FNO2/c9-3-1-4-10-5-2-7(6-10)8(11)12/h7H,1-6H2,(H,11,12). The Morgan fingerprint density at radius 2 is 2.42 bits per heavy atom. The summed E-state index contributed by atoms with van der Waals surface area (Å²) in [6.07, 6.45) is 1.23. The van der Waals surface area contributed by atoms with Crippen LogP contribution in [0.25, 0.3) is 0 Å². The summed E-state index contributed by atoms with van der Waals surface area (Å²) in [6, 6.07) is 0. The van der Waals surface area contributed by atoms with Gasteiger partial charge in [-0.2, -0.15) is 0 Å². The lowest BCUT2D eigenvalue weighted by Gasteiger charge is -2.12. The summed E-state index contributed by atoms with van der Waals surface area (Å²) in [5, 5.41) is 8.66. The molecular weight excluding hydrogens is 161 g/mol. The van der Waals surface area contributed by atoms with Crippen molar-refractivity contribution in [2.45, 2.75) is 12.8 Å². The molecule has 3 nitrogen and oxygen atoms in total. The number of aliphatic carboxylic acids is 1. The Kier molecular flexibility index (Phi) is 3.47. The normalized spacial score (nSPS) is 24.6. The third-order valence-electron chi connectivity index (χ3n) is 2.23. The van der Waals surface area contributed by atoms with Gasteiger partial charge in [0.1, 0.15) is 0 Å². The minimum Gasteiger partial charge on any atom is -0.481 e. The molecule has 70 valence electrons. The van der Waals surface area contributed by atoms with Gasteiger partial charge in [0.2, 0.25) is 0 Å². The SMILES string of the molecule is O=C(O)C1CCN(CCCF)C1. The van der Waals surface area contributed by atoms with Gasteiger partial charge in [0.05, 0.1) is 12.6 Å².